The zero-order chi connectivity index (χ0) is 44.0. The molecule has 0 aromatic rings. The lowest BCUT2D eigenvalue weighted by Crippen LogP contribution is -2.38. The number of hydrogen-bond acceptors (Lipinski definition) is 6. The Balaban J connectivity index is 0.000000208. The summed E-state index contributed by atoms with van der Waals surface area (Å²) < 4.78 is 36.3. The van der Waals surface area contributed by atoms with Crippen molar-refractivity contribution in [3.05, 3.63) is 0 Å². The second-order valence-electron chi connectivity index (χ2n) is 21.4. The molecule has 0 radical (unpaired) electrons. The van der Waals surface area contributed by atoms with Crippen LogP contribution in [0.2, 0.25) is 0 Å². The molecule has 0 spiro atoms. The zero-order valence-corrected chi connectivity index (χ0v) is 42.2. The fourth-order valence-corrected chi connectivity index (χ4v) is 11.7. The molecule has 3 saturated carbocycles. The predicted octanol–water partition coefficient (Wildman–Crippen LogP) is 16.7. The Bertz CT molecular complexity index is 1020. The van der Waals surface area contributed by atoms with Gasteiger partial charge in [0.15, 0.2) is 18.9 Å². The molecule has 6 aliphatic rings. The van der Waals surface area contributed by atoms with Crippen LogP contribution in [0.4, 0.5) is 0 Å². The van der Waals surface area contributed by atoms with Crippen LogP contribution in [0.5, 0.6) is 0 Å². The molecule has 0 aromatic heterocycles. The molecular formula is C56H106O6. The fourth-order valence-electron chi connectivity index (χ4n) is 11.7. The van der Waals surface area contributed by atoms with Gasteiger partial charge in [-0.3, -0.25) is 0 Å². The molecular weight excluding hydrogens is 769 g/mol. The number of ether oxygens (including phenoxy) is 6. The Hall–Kier alpha value is -0.240. The van der Waals surface area contributed by atoms with E-state index in [0.29, 0.717) is 36.1 Å². The summed E-state index contributed by atoms with van der Waals surface area (Å²) in [6.07, 6.45) is 48.5. The van der Waals surface area contributed by atoms with Crippen molar-refractivity contribution < 1.29 is 28.4 Å². The van der Waals surface area contributed by atoms with Gasteiger partial charge in [0.25, 0.3) is 0 Å². The highest BCUT2D eigenvalue weighted by atomic mass is 16.7. The van der Waals surface area contributed by atoms with Crippen LogP contribution in [-0.4, -0.2) is 57.0 Å². The van der Waals surface area contributed by atoms with Crippen LogP contribution in [0.3, 0.4) is 0 Å². The van der Waals surface area contributed by atoms with E-state index in [1.165, 1.54) is 205 Å². The summed E-state index contributed by atoms with van der Waals surface area (Å²) in [7, 11) is 0. The molecule has 3 heterocycles. The van der Waals surface area contributed by atoms with E-state index < -0.39 is 0 Å². The summed E-state index contributed by atoms with van der Waals surface area (Å²) in [5, 5.41) is 0. The molecule has 6 rings (SSSR count). The Labute approximate surface area is 385 Å². The van der Waals surface area contributed by atoms with E-state index in [-0.39, 0.29) is 18.9 Å². The van der Waals surface area contributed by atoms with E-state index >= 15 is 0 Å². The average molecular weight is 875 g/mol. The molecule has 62 heavy (non-hydrogen) atoms. The molecule has 3 aliphatic carbocycles. The van der Waals surface area contributed by atoms with E-state index in [2.05, 4.69) is 41.5 Å². The lowest BCUT2D eigenvalue weighted by atomic mass is 9.79. The lowest BCUT2D eigenvalue weighted by Gasteiger charge is -2.38. The largest absolute Gasteiger partial charge is 0.352 e. The maximum atomic E-state index is 6.34. The zero-order valence-electron chi connectivity index (χ0n) is 42.2. The molecule has 6 nitrogen and oxygen atoms in total. The highest BCUT2D eigenvalue weighted by Crippen LogP contribution is 2.39. The van der Waals surface area contributed by atoms with Gasteiger partial charge in [0.05, 0.1) is 38.1 Å². The van der Waals surface area contributed by atoms with E-state index in [1.54, 1.807) is 0 Å². The van der Waals surface area contributed by atoms with Gasteiger partial charge in [0.1, 0.15) is 0 Å². The molecule has 366 valence electrons. The minimum atomic E-state index is 0.103. The second-order valence-corrected chi connectivity index (χ2v) is 21.4. The molecule has 6 atom stereocenters. The summed E-state index contributed by atoms with van der Waals surface area (Å²) in [6.45, 7) is 16.3. The first-order valence-electron chi connectivity index (χ1n) is 28.3. The van der Waals surface area contributed by atoms with E-state index in [4.69, 9.17) is 28.4 Å². The summed E-state index contributed by atoms with van der Waals surface area (Å²) >= 11 is 0. The minimum absolute atomic E-state index is 0.103. The van der Waals surface area contributed by atoms with Crippen molar-refractivity contribution in [3.63, 3.8) is 0 Å². The number of unbranched alkanes of at least 4 members (excludes halogenated alkanes) is 10. The van der Waals surface area contributed by atoms with Gasteiger partial charge in [-0.2, -0.15) is 0 Å². The van der Waals surface area contributed by atoms with Gasteiger partial charge in [0.2, 0.25) is 0 Å². The van der Waals surface area contributed by atoms with Crippen molar-refractivity contribution in [2.24, 2.45) is 35.5 Å². The Kier molecular flexibility index (Phi) is 29.9. The summed E-state index contributed by atoms with van der Waals surface area (Å²) in [5.41, 5.74) is 0. The molecule has 6 heteroatoms. The maximum absolute atomic E-state index is 6.34. The Morgan fingerprint density at radius 2 is 0.645 bits per heavy atom. The van der Waals surface area contributed by atoms with Crippen LogP contribution in [0.1, 0.15) is 266 Å². The van der Waals surface area contributed by atoms with Crippen LogP contribution in [-0.2, 0) is 28.4 Å². The van der Waals surface area contributed by atoms with Crippen molar-refractivity contribution in [3.8, 4) is 0 Å². The van der Waals surface area contributed by atoms with Crippen LogP contribution in [0, 0.1) is 35.5 Å². The quantitative estimate of drug-likeness (QED) is 0.0954. The number of hydrogen-bond donors (Lipinski definition) is 0. The van der Waals surface area contributed by atoms with Crippen molar-refractivity contribution in [2.45, 2.75) is 303 Å². The first-order valence-corrected chi connectivity index (χ1v) is 28.3. The Morgan fingerprint density at radius 1 is 0.306 bits per heavy atom. The molecule has 6 fully saturated rings. The smallest absolute Gasteiger partial charge is 0.160 e. The van der Waals surface area contributed by atoms with Crippen molar-refractivity contribution in [1.82, 2.24) is 0 Å². The van der Waals surface area contributed by atoms with Crippen molar-refractivity contribution in [1.29, 1.82) is 0 Å². The summed E-state index contributed by atoms with van der Waals surface area (Å²) in [5.74, 6) is 4.92. The molecule has 6 unspecified atom stereocenters. The minimum Gasteiger partial charge on any atom is -0.352 e. The summed E-state index contributed by atoms with van der Waals surface area (Å²) in [4.78, 5) is 0. The van der Waals surface area contributed by atoms with E-state index in [1.807, 2.05) is 0 Å². The van der Waals surface area contributed by atoms with Gasteiger partial charge in [-0.25, -0.2) is 0 Å². The first kappa shape index (κ1) is 54.4. The predicted molar refractivity (Wildman–Crippen MR) is 260 cm³/mol. The van der Waals surface area contributed by atoms with Crippen LogP contribution in [0.15, 0.2) is 0 Å². The fraction of sp³-hybridized carbons (Fsp3) is 1.00. The van der Waals surface area contributed by atoms with Crippen LogP contribution in [0.25, 0.3) is 0 Å². The molecule has 0 N–H and O–H groups in total. The van der Waals surface area contributed by atoms with Gasteiger partial charge in [-0.05, 0) is 134 Å². The highest BCUT2D eigenvalue weighted by molar-refractivity contribution is 4.80. The normalized spacial score (nSPS) is 34.4. The maximum Gasteiger partial charge on any atom is 0.160 e. The van der Waals surface area contributed by atoms with Crippen molar-refractivity contribution in [2.75, 3.05) is 19.8 Å². The average Bonchev–Trinajstić information content (AvgIpc) is 3.31. The van der Waals surface area contributed by atoms with Gasteiger partial charge in [-0.1, -0.05) is 150 Å². The second kappa shape index (κ2) is 34.1. The number of rotatable bonds is 23. The van der Waals surface area contributed by atoms with Crippen LogP contribution >= 0.6 is 0 Å². The third-order valence-corrected chi connectivity index (χ3v) is 16.0. The molecule has 0 amide bonds. The van der Waals surface area contributed by atoms with Gasteiger partial charge >= 0.3 is 0 Å². The SMILES string of the molecule is CCCC1CCC(C2OCCC(C)O2)CC1.CCCCCC1CCC(C2OCCC(CCCCC)O2)CC1.CCCCCCCC1CCOC(C2CCC(CCCCC)CC2)O1. The monoisotopic (exact) mass is 875 g/mol. The third kappa shape index (κ3) is 22.0. The van der Waals surface area contributed by atoms with Gasteiger partial charge in [-0.15, -0.1) is 0 Å². The molecule has 3 saturated heterocycles. The van der Waals surface area contributed by atoms with E-state index in [0.717, 1.165) is 56.8 Å². The topological polar surface area (TPSA) is 55.4 Å². The molecule has 0 aromatic carbocycles. The third-order valence-electron chi connectivity index (χ3n) is 16.0. The van der Waals surface area contributed by atoms with E-state index in [9.17, 15) is 0 Å². The standard InChI is InChI=1S/C22H42O2.C20H38O2.C14H26O2/c1-3-5-7-8-10-12-21-17-18-23-22(24-21)20-15-13-19(14-16-20)11-9-6-4-2;1-3-5-7-9-17-11-13-18(14-12-17)20-21-16-15-19(22-20)10-8-6-4-2;1-3-4-12-5-7-13(8-6-12)14-15-10-9-11(2)16-14/h19-22H,3-18H2,1-2H3;17-20H,3-16H2,1-2H3;11-14H,3-10H2,1-2H3. The van der Waals surface area contributed by atoms with Crippen molar-refractivity contribution >= 4 is 0 Å². The first-order chi connectivity index (χ1) is 30.5. The summed E-state index contributed by atoms with van der Waals surface area (Å²) in [6, 6.07) is 0. The Morgan fingerprint density at radius 3 is 1.05 bits per heavy atom. The highest BCUT2D eigenvalue weighted by Gasteiger charge is 2.35. The van der Waals surface area contributed by atoms with Crippen LogP contribution < -0.4 is 0 Å². The molecule has 3 aliphatic heterocycles. The molecule has 0 bridgehead atoms. The lowest BCUT2D eigenvalue weighted by molar-refractivity contribution is -0.241. The van der Waals surface area contributed by atoms with Gasteiger partial charge in [0, 0.05) is 17.8 Å². The van der Waals surface area contributed by atoms with Gasteiger partial charge < -0.3 is 28.4 Å².